The van der Waals surface area contributed by atoms with Gasteiger partial charge in [0.1, 0.15) is 5.75 Å². The third kappa shape index (κ3) is 3.68. The van der Waals surface area contributed by atoms with Gasteiger partial charge in [0, 0.05) is 11.1 Å². The minimum absolute atomic E-state index is 0.146. The Morgan fingerprint density at radius 3 is 2.21 bits per heavy atom. The molecule has 146 valence electrons. The molecule has 1 heterocycles. The summed E-state index contributed by atoms with van der Waals surface area (Å²) in [6.45, 7) is 0. The van der Waals surface area contributed by atoms with Gasteiger partial charge in [-0.2, -0.15) is 0 Å². The van der Waals surface area contributed by atoms with Crippen LogP contribution < -0.4 is 18.9 Å². The van der Waals surface area contributed by atoms with E-state index in [1.807, 2.05) is 0 Å². The highest BCUT2D eigenvalue weighted by Crippen LogP contribution is 2.41. The quantitative estimate of drug-likeness (QED) is 0.494. The lowest BCUT2D eigenvalue weighted by atomic mass is 10.1. The van der Waals surface area contributed by atoms with Gasteiger partial charge in [-0.25, -0.2) is 9.79 Å². The smallest absolute Gasteiger partial charge is 0.363 e. The number of carbonyl (C=O) groups is 1. The molecule has 2 aromatic carbocycles. The Kier molecular flexibility index (Phi) is 5.89. The number of cyclic esters (lactones) is 1. The van der Waals surface area contributed by atoms with Gasteiger partial charge in [-0.15, -0.1) is 0 Å². The topological polar surface area (TPSA) is 75.6 Å². The lowest BCUT2D eigenvalue weighted by molar-refractivity contribution is -0.129. The monoisotopic (exact) mass is 447 g/mol. The number of hydrogen-bond donors (Lipinski definition) is 0. The van der Waals surface area contributed by atoms with Gasteiger partial charge in [-0.05, 0) is 52.3 Å². The van der Waals surface area contributed by atoms with E-state index in [9.17, 15) is 4.79 Å². The van der Waals surface area contributed by atoms with E-state index in [1.165, 1.54) is 21.3 Å². The van der Waals surface area contributed by atoms with Crippen molar-refractivity contribution in [2.24, 2.45) is 4.99 Å². The van der Waals surface area contributed by atoms with Gasteiger partial charge in [-0.1, -0.05) is 0 Å². The minimum Gasteiger partial charge on any atom is -0.496 e. The van der Waals surface area contributed by atoms with Crippen molar-refractivity contribution in [3.05, 3.63) is 51.6 Å². The van der Waals surface area contributed by atoms with Crippen LogP contribution in [-0.2, 0) is 9.53 Å². The average Bonchev–Trinajstić information content (AvgIpc) is 3.07. The van der Waals surface area contributed by atoms with E-state index in [0.29, 0.717) is 34.1 Å². The predicted octanol–water partition coefficient (Wildman–Crippen LogP) is 3.83. The molecule has 0 radical (unpaired) electrons. The van der Waals surface area contributed by atoms with E-state index in [4.69, 9.17) is 23.7 Å². The third-order valence-corrected chi connectivity index (χ3v) is 4.67. The number of carbonyl (C=O) groups excluding carboxylic acids is 1. The number of rotatable bonds is 6. The first-order valence-corrected chi connectivity index (χ1v) is 8.97. The molecule has 0 aliphatic carbocycles. The van der Waals surface area contributed by atoms with Gasteiger partial charge in [0.25, 0.3) is 0 Å². The number of benzene rings is 2. The number of methoxy groups -OCH3 is 4. The number of esters is 1. The Labute approximate surface area is 170 Å². The van der Waals surface area contributed by atoms with Crippen molar-refractivity contribution in [1.29, 1.82) is 0 Å². The average molecular weight is 448 g/mol. The zero-order valence-electron chi connectivity index (χ0n) is 15.7. The van der Waals surface area contributed by atoms with Crippen molar-refractivity contribution >= 4 is 33.9 Å². The van der Waals surface area contributed by atoms with Crippen LogP contribution >= 0.6 is 15.9 Å². The summed E-state index contributed by atoms with van der Waals surface area (Å²) in [7, 11) is 6.13. The SMILES string of the molecule is COc1ccc(C2=N/C(=C/c3ccc(OC)c(OC)c3OC)C(=O)O2)cc1Br. The van der Waals surface area contributed by atoms with Gasteiger partial charge in [0.05, 0.1) is 32.9 Å². The van der Waals surface area contributed by atoms with Crippen LogP contribution in [0.1, 0.15) is 11.1 Å². The molecule has 1 aliphatic heterocycles. The molecule has 0 bridgehead atoms. The summed E-state index contributed by atoms with van der Waals surface area (Å²) in [6.07, 6.45) is 1.58. The van der Waals surface area contributed by atoms with Gasteiger partial charge in [-0.3, -0.25) is 0 Å². The summed E-state index contributed by atoms with van der Waals surface area (Å²) in [4.78, 5) is 16.6. The summed E-state index contributed by atoms with van der Waals surface area (Å²) in [6, 6.07) is 8.76. The van der Waals surface area contributed by atoms with Crippen LogP contribution in [0.3, 0.4) is 0 Å². The van der Waals surface area contributed by atoms with Crippen LogP contribution in [0.5, 0.6) is 23.0 Å². The second-order valence-corrected chi connectivity index (χ2v) is 6.46. The Bertz CT molecular complexity index is 983. The molecular formula is C20H18BrNO6. The van der Waals surface area contributed by atoms with Gasteiger partial charge < -0.3 is 23.7 Å². The molecule has 0 unspecified atom stereocenters. The maximum absolute atomic E-state index is 12.3. The Hall–Kier alpha value is -3.00. The molecule has 0 amide bonds. The highest BCUT2D eigenvalue weighted by Gasteiger charge is 2.26. The second-order valence-electron chi connectivity index (χ2n) is 5.61. The first kappa shape index (κ1) is 19.8. The number of aliphatic imine (C=N–C) groups is 1. The van der Waals surface area contributed by atoms with Gasteiger partial charge in [0.15, 0.2) is 17.2 Å². The van der Waals surface area contributed by atoms with Crippen molar-refractivity contribution in [2.75, 3.05) is 28.4 Å². The molecule has 0 spiro atoms. The Morgan fingerprint density at radius 1 is 0.929 bits per heavy atom. The number of ether oxygens (including phenoxy) is 5. The van der Waals surface area contributed by atoms with Crippen LogP contribution in [-0.4, -0.2) is 40.3 Å². The van der Waals surface area contributed by atoms with Crippen LogP contribution in [0.25, 0.3) is 6.08 Å². The first-order chi connectivity index (χ1) is 13.5. The van der Waals surface area contributed by atoms with E-state index in [0.717, 1.165) is 4.47 Å². The fraction of sp³-hybridized carbons (Fsp3) is 0.200. The van der Waals surface area contributed by atoms with Gasteiger partial charge in [0.2, 0.25) is 11.6 Å². The third-order valence-electron chi connectivity index (χ3n) is 4.05. The number of halogens is 1. The zero-order valence-corrected chi connectivity index (χ0v) is 17.3. The van der Waals surface area contributed by atoms with Crippen LogP contribution in [0.15, 0.2) is 45.5 Å². The van der Waals surface area contributed by atoms with Crippen molar-refractivity contribution in [2.45, 2.75) is 0 Å². The van der Waals surface area contributed by atoms with Crippen LogP contribution in [0.4, 0.5) is 0 Å². The fourth-order valence-corrected chi connectivity index (χ4v) is 3.26. The molecule has 0 fully saturated rings. The molecule has 0 aromatic heterocycles. The van der Waals surface area contributed by atoms with Crippen LogP contribution in [0, 0.1) is 0 Å². The molecule has 2 aromatic rings. The molecule has 0 saturated carbocycles. The second kappa shape index (κ2) is 8.35. The van der Waals surface area contributed by atoms with E-state index >= 15 is 0 Å². The molecule has 1 aliphatic rings. The summed E-state index contributed by atoms with van der Waals surface area (Å²) in [5, 5.41) is 0. The van der Waals surface area contributed by atoms with Crippen molar-refractivity contribution in [3.8, 4) is 23.0 Å². The Morgan fingerprint density at radius 2 is 1.61 bits per heavy atom. The minimum atomic E-state index is -0.557. The first-order valence-electron chi connectivity index (χ1n) is 8.17. The highest BCUT2D eigenvalue weighted by atomic mass is 79.9. The summed E-state index contributed by atoms with van der Waals surface area (Å²) in [5.74, 6) is 1.69. The fourth-order valence-electron chi connectivity index (χ4n) is 2.72. The predicted molar refractivity (Wildman–Crippen MR) is 107 cm³/mol. The summed E-state index contributed by atoms with van der Waals surface area (Å²) < 4.78 is 27.3. The largest absolute Gasteiger partial charge is 0.496 e. The zero-order chi connectivity index (χ0) is 20.3. The maximum Gasteiger partial charge on any atom is 0.363 e. The number of nitrogens with zero attached hydrogens (tertiary/aromatic N) is 1. The molecule has 0 N–H and O–H groups in total. The number of hydrogen-bond acceptors (Lipinski definition) is 7. The van der Waals surface area contributed by atoms with Crippen molar-refractivity contribution < 1.29 is 28.5 Å². The van der Waals surface area contributed by atoms with E-state index in [-0.39, 0.29) is 11.6 Å². The summed E-state index contributed by atoms with van der Waals surface area (Å²) in [5.41, 5.74) is 1.39. The highest BCUT2D eigenvalue weighted by molar-refractivity contribution is 9.10. The lowest BCUT2D eigenvalue weighted by Gasteiger charge is -2.14. The molecule has 3 rings (SSSR count). The lowest BCUT2D eigenvalue weighted by Crippen LogP contribution is -2.05. The molecule has 7 nitrogen and oxygen atoms in total. The molecule has 28 heavy (non-hydrogen) atoms. The Balaban J connectivity index is 2.01. The van der Waals surface area contributed by atoms with Crippen molar-refractivity contribution in [1.82, 2.24) is 0 Å². The van der Waals surface area contributed by atoms with E-state index < -0.39 is 5.97 Å². The molecule has 8 heteroatoms. The molecule has 0 atom stereocenters. The van der Waals surface area contributed by atoms with E-state index in [1.54, 1.807) is 43.5 Å². The molecular weight excluding hydrogens is 430 g/mol. The molecule has 0 saturated heterocycles. The maximum atomic E-state index is 12.3. The van der Waals surface area contributed by atoms with Gasteiger partial charge >= 0.3 is 5.97 Å². The normalized spacial score (nSPS) is 14.5. The summed E-state index contributed by atoms with van der Waals surface area (Å²) >= 11 is 3.41. The van der Waals surface area contributed by atoms with Crippen molar-refractivity contribution in [3.63, 3.8) is 0 Å². The van der Waals surface area contributed by atoms with Crippen LogP contribution in [0.2, 0.25) is 0 Å². The van der Waals surface area contributed by atoms with E-state index in [2.05, 4.69) is 20.9 Å². The standard InChI is InChI=1S/C20H18BrNO6/c1-24-15-7-6-12(9-13(15)21)19-22-14(20(23)28-19)10-11-5-8-16(25-2)18(27-4)17(11)26-3/h5-10H,1-4H3/b14-10+.